The molecule has 0 amide bonds. The van der Waals surface area contributed by atoms with E-state index in [1.165, 1.54) is 25.7 Å². The molecule has 0 heterocycles. The molecule has 0 aromatic rings. The number of carbonyl (C=O) groups excluding carboxylic acids is 2. The molecule has 4 nitrogen and oxygen atoms in total. The summed E-state index contributed by atoms with van der Waals surface area (Å²) in [5.74, 6) is -0.967. The van der Waals surface area contributed by atoms with Gasteiger partial charge in [0.05, 0.1) is 6.61 Å². The molecule has 0 radical (unpaired) electrons. The van der Waals surface area contributed by atoms with Gasteiger partial charge in [0.1, 0.15) is 6.10 Å². The van der Waals surface area contributed by atoms with Gasteiger partial charge in [0.15, 0.2) is 0 Å². The van der Waals surface area contributed by atoms with Crippen LogP contribution >= 0.6 is 0 Å². The van der Waals surface area contributed by atoms with Gasteiger partial charge >= 0.3 is 11.9 Å². The van der Waals surface area contributed by atoms with Crippen LogP contribution in [-0.2, 0) is 19.1 Å². The molecular weight excluding hydrogens is 268 g/mol. The van der Waals surface area contributed by atoms with Crippen molar-refractivity contribution in [1.82, 2.24) is 0 Å². The summed E-state index contributed by atoms with van der Waals surface area (Å²) in [6, 6.07) is 0. The first-order valence-corrected chi connectivity index (χ1v) is 8.19. The molecule has 0 aromatic heterocycles. The molecule has 0 spiro atoms. The molecule has 0 aromatic carbocycles. The highest BCUT2D eigenvalue weighted by atomic mass is 16.5. The van der Waals surface area contributed by atoms with Gasteiger partial charge in [0.25, 0.3) is 0 Å². The fraction of sp³-hybridized carbons (Fsp3) is 0.765. The van der Waals surface area contributed by atoms with E-state index >= 15 is 0 Å². The molecule has 0 saturated carbocycles. The van der Waals surface area contributed by atoms with Crippen LogP contribution in [0.15, 0.2) is 12.2 Å². The minimum Gasteiger partial charge on any atom is -0.463 e. The average Bonchev–Trinajstić information content (AvgIpc) is 2.49. The van der Waals surface area contributed by atoms with Crippen LogP contribution in [0.4, 0.5) is 0 Å². The summed E-state index contributed by atoms with van der Waals surface area (Å²) in [6.45, 7) is 6.51. The first kappa shape index (κ1) is 19.7. The van der Waals surface area contributed by atoms with E-state index in [0.717, 1.165) is 37.8 Å². The SMILES string of the molecule is CCCCCCCCOC(=O)/C=C/C(=O)OC(CC)CC. The van der Waals surface area contributed by atoms with Gasteiger partial charge in [-0.2, -0.15) is 0 Å². The minimum atomic E-state index is -0.486. The zero-order valence-electron chi connectivity index (χ0n) is 13.7. The maximum atomic E-state index is 11.4. The van der Waals surface area contributed by atoms with Crippen LogP contribution in [0.25, 0.3) is 0 Å². The third kappa shape index (κ3) is 12.2. The predicted molar refractivity (Wildman–Crippen MR) is 83.9 cm³/mol. The van der Waals surface area contributed by atoms with E-state index in [1.54, 1.807) is 0 Å². The highest BCUT2D eigenvalue weighted by Gasteiger charge is 2.08. The molecule has 0 fully saturated rings. The van der Waals surface area contributed by atoms with Crippen molar-refractivity contribution in [1.29, 1.82) is 0 Å². The molecule has 0 aliphatic heterocycles. The summed E-state index contributed by atoms with van der Waals surface area (Å²) in [7, 11) is 0. The summed E-state index contributed by atoms with van der Waals surface area (Å²) >= 11 is 0. The van der Waals surface area contributed by atoms with Crippen molar-refractivity contribution in [2.75, 3.05) is 6.61 Å². The Morgan fingerprint density at radius 2 is 1.43 bits per heavy atom. The second-order valence-corrected chi connectivity index (χ2v) is 5.14. The molecule has 0 saturated heterocycles. The topological polar surface area (TPSA) is 52.6 Å². The predicted octanol–water partition coefficient (Wildman–Crippen LogP) is 4.18. The number of unbranched alkanes of at least 4 members (excludes halogenated alkanes) is 5. The Balaban J connectivity index is 3.68. The van der Waals surface area contributed by atoms with E-state index in [-0.39, 0.29) is 6.10 Å². The van der Waals surface area contributed by atoms with E-state index in [1.807, 2.05) is 13.8 Å². The monoisotopic (exact) mass is 298 g/mol. The lowest BCUT2D eigenvalue weighted by atomic mass is 10.1. The summed E-state index contributed by atoms with van der Waals surface area (Å²) < 4.78 is 10.2. The van der Waals surface area contributed by atoms with E-state index in [0.29, 0.717) is 6.61 Å². The fourth-order valence-corrected chi connectivity index (χ4v) is 1.90. The van der Waals surface area contributed by atoms with Gasteiger partial charge in [-0.1, -0.05) is 52.9 Å². The Morgan fingerprint density at radius 3 is 2.05 bits per heavy atom. The zero-order chi connectivity index (χ0) is 15.9. The molecule has 0 N–H and O–H groups in total. The molecule has 0 unspecified atom stereocenters. The lowest BCUT2D eigenvalue weighted by molar-refractivity contribution is -0.144. The van der Waals surface area contributed by atoms with Crippen LogP contribution in [0.1, 0.15) is 72.1 Å². The van der Waals surface area contributed by atoms with Crippen LogP contribution in [0.2, 0.25) is 0 Å². The summed E-state index contributed by atoms with van der Waals surface area (Å²) in [5.41, 5.74) is 0. The standard InChI is InChI=1S/C17H30O4/c1-4-7-8-9-10-11-14-20-16(18)12-13-17(19)21-15(5-2)6-3/h12-13,15H,4-11,14H2,1-3H3/b13-12+. The largest absolute Gasteiger partial charge is 0.463 e. The van der Waals surface area contributed by atoms with E-state index in [2.05, 4.69) is 6.92 Å². The second-order valence-electron chi connectivity index (χ2n) is 5.14. The number of ether oxygens (including phenoxy) is 2. The smallest absolute Gasteiger partial charge is 0.331 e. The second kappa shape index (κ2) is 13.7. The van der Waals surface area contributed by atoms with E-state index < -0.39 is 11.9 Å². The van der Waals surface area contributed by atoms with Gasteiger partial charge in [0, 0.05) is 12.2 Å². The highest BCUT2D eigenvalue weighted by molar-refractivity contribution is 5.91. The van der Waals surface area contributed by atoms with Gasteiger partial charge in [-0.25, -0.2) is 9.59 Å². The van der Waals surface area contributed by atoms with Gasteiger partial charge in [-0.15, -0.1) is 0 Å². The molecule has 0 aliphatic rings. The maximum absolute atomic E-state index is 11.4. The van der Waals surface area contributed by atoms with Crippen LogP contribution in [0.5, 0.6) is 0 Å². The van der Waals surface area contributed by atoms with Crippen LogP contribution in [-0.4, -0.2) is 24.6 Å². The Labute approximate surface area is 128 Å². The molecule has 4 heteroatoms. The van der Waals surface area contributed by atoms with Crippen molar-refractivity contribution in [2.24, 2.45) is 0 Å². The van der Waals surface area contributed by atoms with Crippen molar-refractivity contribution < 1.29 is 19.1 Å². The summed E-state index contributed by atoms with van der Waals surface area (Å²) in [4.78, 5) is 22.8. The molecule has 122 valence electrons. The number of esters is 2. The zero-order valence-corrected chi connectivity index (χ0v) is 13.7. The van der Waals surface area contributed by atoms with Crippen molar-refractivity contribution in [3.63, 3.8) is 0 Å². The van der Waals surface area contributed by atoms with E-state index in [4.69, 9.17) is 9.47 Å². The molecule has 0 bridgehead atoms. The third-order valence-corrected chi connectivity index (χ3v) is 3.29. The van der Waals surface area contributed by atoms with Crippen LogP contribution < -0.4 is 0 Å². The molecular formula is C17H30O4. The van der Waals surface area contributed by atoms with Gasteiger partial charge in [-0.3, -0.25) is 0 Å². The first-order chi connectivity index (χ1) is 10.1. The van der Waals surface area contributed by atoms with Crippen molar-refractivity contribution >= 4 is 11.9 Å². The quantitative estimate of drug-likeness (QED) is 0.308. The Hall–Kier alpha value is -1.32. The minimum absolute atomic E-state index is 0.0821. The van der Waals surface area contributed by atoms with E-state index in [9.17, 15) is 9.59 Å². The number of rotatable bonds is 12. The molecule has 0 rings (SSSR count). The van der Waals surface area contributed by atoms with Gasteiger partial charge in [-0.05, 0) is 19.3 Å². The van der Waals surface area contributed by atoms with Crippen LogP contribution in [0.3, 0.4) is 0 Å². The van der Waals surface area contributed by atoms with Crippen LogP contribution in [0, 0.1) is 0 Å². The molecule has 0 aliphatic carbocycles. The third-order valence-electron chi connectivity index (χ3n) is 3.29. The average molecular weight is 298 g/mol. The summed E-state index contributed by atoms with van der Waals surface area (Å²) in [6.07, 6.45) is 10.6. The maximum Gasteiger partial charge on any atom is 0.331 e. The van der Waals surface area contributed by atoms with Crippen molar-refractivity contribution in [3.8, 4) is 0 Å². The normalized spacial score (nSPS) is 11.0. The highest BCUT2D eigenvalue weighted by Crippen LogP contribution is 2.05. The van der Waals surface area contributed by atoms with Gasteiger partial charge in [0.2, 0.25) is 0 Å². The first-order valence-electron chi connectivity index (χ1n) is 8.19. The van der Waals surface area contributed by atoms with Crippen molar-refractivity contribution in [2.45, 2.75) is 78.2 Å². The Morgan fingerprint density at radius 1 is 0.857 bits per heavy atom. The lowest BCUT2D eigenvalue weighted by Gasteiger charge is -2.11. The molecule has 0 atom stereocenters. The summed E-state index contributed by atoms with van der Waals surface area (Å²) in [5, 5.41) is 0. The number of hydrogen-bond acceptors (Lipinski definition) is 4. The Bertz CT molecular complexity index is 306. The Kier molecular flexibility index (Phi) is 12.8. The lowest BCUT2D eigenvalue weighted by Crippen LogP contribution is -2.15. The van der Waals surface area contributed by atoms with Crippen molar-refractivity contribution in [3.05, 3.63) is 12.2 Å². The fourth-order valence-electron chi connectivity index (χ4n) is 1.90. The molecule has 21 heavy (non-hydrogen) atoms. The van der Waals surface area contributed by atoms with Gasteiger partial charge < -0.3 is 9.47 Å². The number of hydrogen-bond donors (Lipinski definition) is 0. The number of carbonyl (C=O) groups is 2.